The van der Waals surface area contributed by atoms with Crippen molar-refractivity contribution in [1.82, 2.24) is 5.32 Å². The molecule has 4 heteroatoms. The van der Waals surface area contributed by atoms with Crippen molar-refractivity contribution in [2.45, 2.75) is 24.3 Å². The summed E-state index contributed by atoms with van der Waals surface area (Å²) in [6.07, 6.45) is 0.766. The maximum atomic E-state index is 11.3. The summed E-state index contributed by atoms with van der Waals surface area (Å²) >= 11 is 1.75. The van der Waals surface area contributed by atoms with Crippen LogP contribution in [0.15, 0.2) is 29.2 Å². The minimum absolute atomic E-state index is 0.197. The van der Waals surface area contributed by atoms with Crippen molar-refractivity contribution in [3.63, 3.8) is 0 Å². The highest BCUT2D eigenvalue weighted by atomic mass is 32.2. The Labute approximate surface area is 107 Å². The summed E-state index contributed by atoms with van der Waals surface area (Å²) < 4.78 is 4.71. The van der Waals surface area contributed by atoms with Crippen LogP contribution < -0.4 is 5.32 Å². The number of rotatable bonds is 6. The fourth-order valence-electron chi connectivity index (χ4n) is 1.45. The SMILES string of the molecule is CNC(CCSc1ccc(C)cc1)C(=O)OC. The van der Waals surface area contributed by atoms with E-state index in [-0.39, 0.29) is 12.0 Å². The van der Waals surface area contributed by atoms with Gasteiger partial charge in [0.1, 0.15) is 6.04 Å². The molecule has 0 aliphatic heterocycles. The average molecular weight is 253 g/mol. The number of aryl methyl sites for hydroxylation is 1. The number of hydrogen-bond donors (Lipinski definition) is 1. The van der Waals surface area contributed by atoms with Crippen molar-refractivity contribution in [3.8, 4) is 0 Å². The number of thioether (sulfide) groups is 1. The van der Waals surface area contributed by atoms with E-state index in [4.69, 9.17) is 4.74 Å². The Kier molecular flexibility index (Phi) is 6.08. The van der Waals surface area contributed by atoms with Crippen molar-refractivity contribution >= 4 is 17.7 Å². The van der Waals surface area contributed by atoms with Crippen molar-refractivity contribution in [2.75, 3.05) is 19.9 Å². The van der Waals surface area contributed by atoms with E-state index in [1.807, 2.05) is 0 Å². The molecule has 0 bridgehead atoms. The molecule has 0 amide bonds. The molecule has 17 heavy (non-hydrogen) atoms. The predicted octanol–water partition coefficient (Wildman–Crippen LogP) is 2.24. The zero-order valence-corrected chi connectivity index (χ0v) is 11.3. The first kappa shape index (κ1) is 14.1. The molecule has 1 atom stereocenters. The minimum atomic E-state index is -0.210. The Balaban J connectivity index is 2.36. The third kappa shape index (κ3) is 4.79. The van der Waals surface area contributed by atoms with Gasteiger partial charge in [0.15, 0.2) is 0 Å². The monoisotopic (exact) mass is 253 g/mol. The molecule has 0 spiro atoms. The lowest BCUT2D eigenvalue weighted by molar-refractivity contribution is -0.143. The molecule has 1 rings (SSSR count). The van der Waals surface area contributed by atoms with Crippen LogP contribution in [0.1, 0.15) is 12.0 Å². The normalized spacial score (nSPS) is 12.2. The molecule has 0 aliphatic rings. The molecule has 3 nitrogen and oxygen atoms in total. The molecule has 0 aromatic heterocycles. The highest BCUT2D eigenvalue weighted by Gasteiger charge is 2.15. The van der Waals surface area contributed by atoms with E-state index >= 15 is 0 Å². The van der Waals surface area contributed by atoms with Crippen LogP contribution in [-0.4, -0.2) is 31.9 Å². The third-order valence-electron chi connectivity index (χ3n) is 2.53. The number of esters is 1. The first-order chi connectivity index (χ1) is 8.17. The predicted molar refractivity (Wildman–Crippen MR) is 71.4 cm³/mol. The first-order valence-electron chi connectivity index (χ1n) is 5.62. The van der Waals surface area contributed by atoms with Gasteiger partial charge in [-0.15, -0.1) is 11.8 Å². The van der Waals surface area contributed by atoms with Gasteiger partial charge in [-0.25, -0.2) is 0 Å². The Bertz CT molecular complexity index is 351. The lowest BCUT2D eigenvalue weighted by Gasteiger charge is -2.12. The maximum Gasteiger partial charge on any atom is 0.322 e. The maximum absolute atomic E-state index is 11.3. The van der Waals surface area contributed by atoms with Gasteiger partial charge in [0, 0.05) is 10.6 Å². The van der Waals surface area contributed by atoms with Gasteiger partial charge >= 0.3 is 5.97 Å². The van der Waals surface area contributed by atoms with Gasteiger partial charge in [-0.2, -0.15) is 0 Å². The van der Waals surface area contributed by atoms with Crippen LogP contribution in [0.3, 0.4) is 0 Å². The van der Waals surface area contributed by atoms with Crippen LogP contribution in [0, 0.1) is 6.92 Å². The molecule has 0 aliphatic carbocycles. The highest BCUT2D eigenvalue weighted by molar-refractivity contribution is 7.99. The Morgan fingerprint density at radius 2 is 2.06 bits per heavy atom. The topological polar surface area (TPSA) is 38.3 Å². The zero-order valence-electron chi connectivity index (χ0n) is 10.5. The second-order valence-electron chi connectivity index (χ2n) is 3.81. The second-order valence-corrected chi connectivity index (χ2v) is 4.98. The van der Waals surface area contributed by atoms with E-state index in [0.717, 1.165) is 12.2 Å². The Hall–Kier alpha value is -1.00. The fourth-order valence-corrected chi connectivity index (χ4v) is 2.37. The van der Waals surface area contributed by atoms with Gasteiger partial charge in [-0.1, -0.05) is 17.7 Å². The van der Waals surface area contributed by atoms with Crippen molar-refractivity contribution < 1.29 is 9.53 Å². The summed E-state index contributed by atoms with van der Waals surface area (Å²) in [4.78, 5) is 12.6. The van der Waals surface area contributed by atoms with Gasteiger partial charge < -0.3 is 10.1 Å². The van der Waals surface area contributed by atoms with Crippen molar-refractivity contribution in [2.24, 2.45) is 0 Å². The molecular weight excluding hydrogens is 234 g/mol. The number of likely N-dealkylation sites (N-methyl/N-ethyl adjacent to an activating group) is 1. The number of carbonyl (C=O) groups excluding carboxylic acids is 1. The number of nitrogens with one attached hydrogen (secondary N) is 1. The third-order valence-corrected chi connectivity index (χ3v) is 3.58. The summed E-state index contributed by atoms with van der Waals surface area (Å²) in [5.41, 5.74) is 1.26. The smallest absolute Gasteiger partial charge is 0.322 e. The van der Waals surface area contributed by atoms with Gasteiger partial charge in [-0.3, -0.25) is 4.79 Å². The average Bonchev–Trinajstić information content (AvgIpc) is 2.36. The van der Waals surface area contributed by atoms with E-state index < -0.39 is 0 Å². The van der Waals surface area contributed by atoms with Crippen molar-refractivity contribution in [3.05, 3.63) is 29.8 Å². The van der Waals surface area contributed by atoms with Crippen LogP contribution >= 0.6 is 11.8 Å². The molecule has 0 fully saturated rings. The van der Waals surface area contributed by atoms with Gasteiger partial charge in [0.25, 0.3) is 0 Å². The Morgan fingerprint density at radius 1 is 1.41 bits per heavy atom. The number of benzene rings is 1. The standard InChI is InChI=1S/C13H19NO2S/c1-10-4-6-11(7-5-10)17-9-8-12(14-2)13(15)16-3/h4-7,12,14H,8-9H2,1-3H3. The lowest BCUT2D eigenvalue weighted by atomic mass is 10.2. The molecule has 1 unspecified atom stereocenters. The second kappa shape index (κ2) is 7.35. The van der Waals surface area contributed by atoms with E-state index in [1.54, 1.807) is 18.8 Å². The number of hydrogen-bond acceptors (Lipinski definition) is 4. The molecule has 0 saturated heterocycles. The number of ether oxygens (including phenoxy) is 1. The van der Waals surface area contributed by atoms with Crippen LogP contribution in [0.5, 0.6) is 0 Å². The molecule has 1 N–H and O–H groups in total. The molecule has 1 aromatic carbocycles. The van der Waals surface area contributed by atoms with E-state index in [9.17, 15) is 4.79 Å². The summed E-state index contributed by atoms with van der Waals surface area (Å²) in [7, 11) is 3.19. The largest absolute Gasteiger partial charge is 0.468 e. The highest BCUT2D eigenvalue weighted by Crippen LogP contribution is 2.19. The van der Waals surface area contributed by atoms with Crippen LogP contribution in [-0.2, 0) is 9.53 Å². The zero-order chi connectivity index (χ0) is 12.7. The minimum Gasteiger partial charge on any atom is -0.468 e. The van der Waals surface area contributed by atoms with E-state index in [1.165, 1.54) is 17.6 Å². The Morgan fingerprint density at radius 3 is 2.59 bits per heavy atom. The van der Waals surface area contributed by atoms with Crippen molar-refractivity contribution in [1.29, 1.82) is 0 Å². The summed E-state index contributed by atoms with van der Waals surface area (Å²) in [5.74, 6) is 0.695. The number of methoxy groups -OCH3 is 1. The summed E-state index contributed by atoms with van der Waals surface area (Å²) in [5, 5.41) is 2.96. The van der Waals surface area contributed by atoms with Gasteiger partial charge in [0.2, 0.25) is 0 Å². The van der Waals surface area contributed by atoms with E-state index in [0.29, 0.717) is 0 Å². The molecular formula is C13H19NO2S. The van der Waals surface area contributed by atoms with Gasteiger partial charge in [-0.05, 0) is 32.5 Å². The molecule has 1 aromatic rings. The van der Waals surface area contributed by atoms with E-state index in [2.05, 4.69) is 36.5 Å². The summed E-state index contributed by atoms with van der Waals surface area (Å²) in [6, 6.07) is 8.19. The lowest BCUT2D eigenvalue weighted by Crippen LogP contribution is -2.35. The van der Waals surface area contributed by atoms with Crippen LogP contribution in [0.4, 0.5) is 0 Å². The van der Waals surface area contributed by atoms with Crippen LogP contribution in [0.25, 0.3) is 0 Å². The molecule has 0 radical (unpaired) electrons. The summed E-state index contributed by atoms with van der Waals surface area (Å²) in [6.45, 7) is 2.07. The molecule has 94 valence electrons. The fraction of sp³-hybridized carbons (Fsp3) is 0.462. The molecule has 0 heterocycles. The number of carbonyl (C=O) groups is 1. The van der Waals surface area contributed by atoms with Crippen LogP contribution in [0.2, 0.25) is 0 Å². The molecule has 0 saturated carbocycles. The van der Waals surface area contributed by atoms with Gasteiger partial charge in [0.05, 0.1) is 7.11 Å². The quantitative estimate of drug-likeness (QED) is 0.623. The first-order valence-corrected chi connectivity index (χ1v) is 6.60.